The average Bonchev–Trinajstić information content (AvgIpc) is 1.41. The first-order valence-electron chi connectivity index (χ1n) is 2.06. The first-order chi connectivity index (χ1) is 2.41. The Morgan fingerprint density at radius 2 is 2.60 bits per heavy atom. The minimum Gasteiger partial charge on any atom is -0.372 e. The third kappa shape index (κ3) is 4.39. The Bertz CT molecular complexity index is 15.1. The van der Waals surface area contributed by atoms with Crippen LogP contribution in [-0.4, -0.2) is 20.1 Å². The summed E-state index contributed by atoms with van der Waals surface area (Å²) in [6.45, 7) is 2.23. The van der Waals surface area contributed by atoms with Gasteiger partial charge in [-0.2, -0.15) is 0 Å². The third-order valence-electron chi connectivity index (χ3n) is 0.500. The zero-order chi connectivity index (χ0) is 4.12. The van der Waals surface area contributed by atoms with E-state index in [1.54, 1.807) is 0 Å². The molecule has 0 aliphatic heterocycles. The second kappa shape index (κ2) is 4.39. The highest BCUT2D eigenvalue weighted by Crippen LogP contribution is 1.60. The molecule has 0 aliphatic carbocycles. The Kier molecular flexibility index (Phi) is 4.74. The Balaban J connectivity index is 2.19. The van der Waals surface area contributed by atoms with Crippen LogP contribution in [0.2, 0.25) is 6.04 Å². The third-order valence-corrected chi connectivity index (χ3v) is 3.00. The fourth-order valence-electron chi connectivity index (χ4n) is 0.250. The van der Waals surface area contributed by atoms with Crippen LogP contribution in [0.4, 0.5) is 0 Å². The first kappa shape index (κ1) is 5.39. The van der Waals surface area contributed by atoms with E-state index in [9.17, 15) is 0 Å². The first-order valence-corrected chi connectivity index (χ1v) is 4.77. The summed E-state index contributed by atoms with van der Waals surface area (Å²) in [6.07, 6.45) is 0. The minimum absolute atomic E-state index is 0.244. The van der Waals surface area contributed by atoms with Crippen molar-refractivity contribution < 1.29 is 0 Å². The summed E-state index contributed by atoms with van der Waals surface area (Å²) in [7, 11) is 1.45. The predicted molar refractivity (Wildman–Crippen MR) is 32.1 cm³/mol. The van der Waals surface area contributed by atoms with Crippen LogP contribution in [0, 0.1) is 0 Å². The van der Waals surface area contributed by atoms with Gasteiger partial charge in [0, 0.05) is 0 Å². The average molecular weight is 105 g/mol. The van der Waals surface area contributed by atoms with E-state index in [-0.39, 0.29) is 9.68 Å². The molecule has 0 fully saturated rings. The molecule has 0 aromatic heterocycles. The van der Waals surface area contributed by atoms with Gasteiger partial charge >= 0.3 is 0 Å². The monoisotopic (exact) mass is 105 g/mol. The lowest BCUT2D eigenvalue weighted by Gasteiger charge is -1.83. The van der Waals surface area contributed by atoms with E-state index in [0.29, 0.717) is 0 Å². The van der Waals surface area contributed by atoms with Crippen molar-refractivity contribution in [3.8, 4) is 0 Å². The molecule has 0 bridgehead atoms. The highest BCUT2D eigenvalue weighted by Gasteiger charge is 1.67. The molecular formula is C2H11NSi2. The largest absolute Gasteiger partial charge is 0.372 e. The molecule has 0 aromatic rings. The van der Waals surface area contributed by atoms with E-state index in [1.165, 1.54) is 16.4 Å². The number of nitrogens with one attached hydrogen (secondary N) is 1. The van der Waals surface area contributed by atoms with Gasteiger partial charge in [-0.3, -0.25) is 0 Å². The van der Waals surface area contributed by atoms with Crippen LogP contribution in [0.25, 0.3) is 0 Å². The van der Waals surface area contributed by atoms with Gasteiger partial charge < -0.3 is 4.65 Å². The van der Waals surface area contributed by atoms with Gasteiger partial charge in [0.25, 0.3) is 0 Å². The van der Waals surface area contributed by atoms with E-state index in [4.69, 9.17) is 0 Å². The maximum atomic E-state index is 3.30. The second-order valence-electron chi connectivity index (χ2n) is 1.10. The molecule has 0 heterocycles. The lowest BCUT2D eigenvalue weighted by molar-refractivity contribution is 1.40. The summed E-state index contributed by atoms with van der Waals surface area (Å²) in [5.41, 5.74) is 0. The van der Waals surface area contributed by atoms with Crippen molar-refractivity contribution in [3.05, 3.63) is 0 Å². The topological polar surface area (TPSA) is 12.0 Å². The van der Waals surface area contributed by atoms with Gasteiger partial charge in [0.1, 0.15) is 0 Å². The summed E-state index contributed by atoms with van der Waals surface area (Å²) in [6, 6.07) is 1.41. The van der Waals surface area contributed by atoms with Crippen LogP contribution in [0.5, 0.6) is 0 Å². The number of hydrogen-bond donors (Lipinski definition) is 1. The highest BCUT2D eigenvalue weighted by atomic mass is 28.3. The van der Waals surface area contributed by atoms with Gasteiger partial charge in [-0.25, -0.2) is 0 Å². The van der Waals surface area contributed by atoms with E-state index in [2.05, 4.69) is 11.6 Å². The predicted octanol–water partition coefficient (Wildman–Crippen LogP) is -1.62. The van der Waals surface area contributed by atoms with Crippen LogP contribution in [0.3, 0.4) is 0 Å². The molecule has 0 unspecified atom stereocenters. The molecule has 3 heteroatoms. The lowest BCUT2D eigenvalue weighted by Crippen LogP contribution is -2.12. The van der Waals surface area contributed by atoms with E-state index >= 15 is 0 Å². The van der Waals surface area contributed by atoms with Crippen molar-refractivity contribution in [1.29, 1.82) is 0 Å². The molecule has 0 aromatic carbocycles. The van der Waals surface area contributed by atoms with E-state index in [1.807, 2.05) is 0 Å². The highest BCUT2D eigenvalue weighted by molar-refractivity contribution is 6.41. The maximum absolute atomic E-state index is 3.30. The molecule has 1 N–H and O–H groups in total. The van der Waals surface area contributed by atoms with Crippen molar-refractivity contribution in [2.45, 2.75) is 13.0 Å². The van der Waals surface area contributed by atoms with Gasteiger partial charge in [-0.05, 0) is 0 Å². The molecule has 32 valence electrons. The quantitative estimate of drug-likeness (QED) is 0.416. The number of rotatable bonds is 2. The molecule has 0 amide bonds. The van der Waals surface area contributed by atoms with Gasteiger partial charge in [-0.1, -0.05) is 13.0 Å². The molecule has 0 rings (SSSR count). The minimum atomic E-state index is 0.244. The Hall–Kier alpha value is 0.394. The maximum Gasteiger partial charge on any atom is 0.0840 e. The second-order valence-corrected chi connectivity index (χ2v) is 5.43. The van der Waals surface area contributed by atoms with Crippen LogP contribution < -0.4 is 4.65 Å². The van der Waals surface area contributed by atoms with Gasteiger partial charge in [-0.15, -0.1) is 0 Å². The lowest BCUT2D eigenvalue weighted by atomic mass is 11.0. The van der Waals surface area contributed by atoms with Crippen molar-refractivity contribution in [2.75, 3.05) is 0 Å². The van der Waals surface area contributed by atoms with Crippen molar-refractivity contribution in [1.82, 2.24) is 4.65 Å². The summed E-state index contributed by atoms with van der Waals surface area (Å²) in [5.74, 6) is 0. The summed E-state index contributed by atoms with van der Waals surface area (Å²) in [4.78, 5) is 0. The van der Waals surface area contributed by atoms with Crippen molar-refractivity contribution in [2.24, 2.45) is 0 Å². The van der Waals surface area contributed by atoms with Gasteiger partial charge in [0.05, 0.1) is 20.1 Å². The van der Waals surface area contributed by atoms with Gasteiger partial charge in [0.2, 0.25) is 0 Å². The van der Waals surface area contributed by atoms with Crippen LogP contribution in [0.15, 0.2) is 0 Å². The normalized spacial score (nSPS) is 11.4. The Morgan fingerprint density at radius 3 is 2.60 bits per heavy atom. The van der Waals surface area contributed by atoms with Crippen LogP contribution in [0.1, 0.15) is 6.92 Å². The van der Waals surface area contributed by atoms with Crippen LogP contribution >= 0.6 is 0 Å². The molecule has 0 aliphatic rings. The van der Waals surface area contributed by atoms with Crippen LogP contribution in [-0.2, 0) is 0 Å². The molecule has 5 heavy (non-hydrogen) atoms. The SMILES string of the molecule is CC[SiH2]N[SiH3]. The van der Waals surface area contributed by atoms with Gasteiger partial charge in [0.15, 0.2) is 0 Å². The Morgan fingerprint density at radius 1 is 2.00 bits per heavy atom. The molecule has 1 nitrogen and oxygen atoms in total. The van der Waals surface area contributed by atoms with E-state index in [0.717, 1.165) is 0 Å². The molecule has 0 saturated heterocycles. The fraction of sp³-hybridized carbons (Fsp3) is 1.00. The molecule has 0 atom stereocenters. The zero-order valence-electron chi connectivity index (χ0n) is 3.91. The van der Waals surface area contributed by atoms with Crippen molar-refractivity contribution >= 4 is 20.1 Å². The smallest absolute Gasteiger partial charge is 0.0840 e. The molecular weight excluding hydrogens is 94.2 g/mol. The molecule has 0 radical (unpaired) electrons. The fourth-order valence-corrected chi connectivity index (χ4v) is 2.25. The standard InChI is InChI=1S/C2H11NSi2/c1-2-5-3-4/h3H,2,5H2,1,4H3. The zero-order valence-corrected chi connectivity index (χ0v) is 7.33. The summed E-state index contributed by atoms with van der Waals surface area (Å²) >= 11 is 0. The molecule has 0 saturated carbocycles. The van der Waals surface area contributed by atoms with Crippen molar-refractivity contribution in [3.63, 3.8) is 0 Å². The Labute approximate surface area is 38.6 Å². The summed E-state index contributed by atoms with van der Waals surface area (Å²) < 4.78 is 3.30. The molecule has 0 spiro atoms. The van der Waals surface area contributed by atoms with E-state index < -0.39 is 0 Å². The number of hydrogen-bond acceptors (Lipinski definition) is 1. The summed E-state index contributed by atoms with van der Waals surface area (Å²) in [5, 5.41) is 0.